The molecule has 0 aliphatic carbocycles. The van der Waals surface area contributed by atoms with Crippen LogP contribution in [0.5, 0.6) is 11.5 Å². The minimum atomic E-state index is -1.14. The van der Waals surface area contributed by atoms with Crippen LogP contribution in [0.4, 0.5) is 5.69 Å². The topological polar surface area (TPSA) is 105 Å². The summed E-state index contributed by atoms with van der Waals surface area (Å²) in [6, 6.07) is 11.5. The largest absolute Gasteiger partial charge is 0.478 e. The van der Waals surface area contributed by atoms with Gasteiger partial charge in [0, 0.05) is 13.0 Å². The molecular formula is C21H16N2O6S2. The van der Waals surface area contributed by atoms with Crippen molar-refractivity contribution in [2.45, 2.75) is 6.42 Å². The van der Waals surface area contributed by atoms with Crippen LogP contribution in [0.2, 0.25) is 0 Å². The van der Waals surface area contributed by atoms with Crippen molar-refractivity contribution in [2.75, 3.05) is 18.7 Å². The van der Waals surface area contributed by atoms with Gasteiger partial charge in [-0.1, -0.05) is 42.2 Å². The Hall–Kier alpha value is -3.37. The van der Waals surface area contributed by atoms with Crippen LogP contribution >= 0.6 is 24.0 Å². The number of carboxylic acid groups (broad SMARTS) is 1. The van der Waals surface area contributed by atoms with E-state index in [1.165, 1.54) is 17.0 Å². The van der Waals surface area contributed by atoms with Crippen LogP contribution in [0.3, 0.4) is 0 Å². The molecular weight excluding hydrogens is 440 g/mol. The first-order chi connectivity index (χ1) is 14.9. The van der Waals surface area contributed by atoms with Crippen molar-refractivity contribution < 1.29 is 29.0 Å². The Balaban J connectivity index is 1.39. The van der Waals surface area contributed by atoms with Gasteiger partial charge in [-0.25, -0.2) is 4.79 Å². The number of aromatic carboxylic acids is 1. The van der Waals surface area contributed by atoms with Gasteiger partial charge in [0.25, 0.3) is 5.91 Å². The van der Waals surface area contributed by atoms with Crippen LogP contribution in [0.15, 0.2) is 47.4 Å². The van der Waals surface area contributed by atoms with E-state index in [9.17, 15) is 19.5 Å². The summed E-state index contributed by atoms with van der Waals surface area (Å²) in [7, 11) is 0. The zero-order valence-corrected chi connectivity index (χ0v) is 17.6. The van der Waals surface area contributed by atoms with Gasteiger partial charge in [0.15, 0.2) is 11.5 Å². The Kier molecular flexibility index (Phi) is 5.92. The van der Waals surface area contributed by atoms with Crippen LogP contribution < -0.4 is 14.8 Å². The first-order valence-electron chi connectivity index (χ1n) is 9.19. The summed E-state index contributed by atoms with van der Waals surface area (Å²) in [5, 5.41) is 11.8. The molecule has 2 amide bonds. The minimum absolute atomic E-state index is 0.00637. The molecule has 1 saturated heterocycles. The first kappa shape index (κ1) is 20.9. The molecule has 10 heteroatoms. The van der Waals surface area contributed by atoms with E-state index in [2.05, 4.69) is 5.32 Å². The number of hydrogen-bond donors (Lipinski definition) is 2. The number of ether oxygens (including phenoxy) is 2. The highest BCUT2D eigenvalue weighted by atomic mass is 32.2. The summed E-state index contributed by atoms with van der Waals surface area (Å²) < 4.78 is 11.0. The summed E-state index contributed by atoms with van der Waals surface area (Å²) >= 11 is 6.46. The van der Waals surface area contributed by atoms with Crippen LogP contribution in [0, 0.1) is 0 Å². The Morgan fingerprint density at radius 3 is 2.77 bits per heavy atom. The third kappa shape index (κ3) is 4.54. The second-order valence-electron chi connectivity index (χ2n) is 6.59. The molecule has 158 valence electrons. The number of carboxylic acids is 1. The highest BCUT2D eigenvalue weighted by Gasteiger charge is 2.32. The highest BCUT2D eigenvalue weighted by Crippen LogP contribution is 2.36. The number of thioether (sulfide) groups is 1. The molecule has 4 rings (SSSR count). The molecule has 2 aromatic carbocycles. The van der Waals surface area contributed by atoms with E-state index in [1.54, 1.807) is 30.3 Å². The Morgan fingerprint density at radius 2 is 1.97 bits per heavy atom. The van der Waals surface area contributed by atoms with Crippen molar-refractivity contribution >= 4 is 57.8 Å². The lowest BCUT2D eigenvalue weighted by atomic mass is 10.1. The molecule has 8 nitrogen and oxygen atoms in total. The predicted octanol–water partition coefficient (Wildman–Crippen LogP) is 3.34. The van der Waals surface area contributed by atoms with Gasteiger partial charge in [0.1, 0.15) is 4.32 Å². The minimum Gasteiger partial charge on any atom is -0.478 e. The number of amides is 2. The number of hydrogen-bond acceptors (Lipinski definition) is 7. The fraction of sp³-hybridized carbons (Fsp3) is 0.143. The smallest absolute Gasteiger partial charge is 0.337 e. The summed E-state index contributed by atoms with van der Waals surface area (Å²) in [4.78, 5) is 38.1. The number of benzene rings is 2. The van der Waals surface area contributed by atoms with E-state index in [0.29, 0.717) is 20.7 Å². The normalized spacial score (nSPS) is 16.1. The molecule has 2 aliphatic heterocycles. The van der Waals surface area contributed by atoms with Gasteiger partial charge < -0.3 is 19.9 Å². The zero-order valence-electron chi connectivity index (χ0n) is 16.0. The van der Waals surface area contributed by atoms with Crippen molar-refractivity contribution in [3.05, 3.63) is 58.5 Å². The molecule has 1 fully saturated rings. The SMILES string of the molecule is O=C(CCN1C(=O)/C(=C\c2ccc3c(c2)OCO3)SC1=S)Nc1ccccc1C(=O)O. The van der Waals surface area contributed by atoms with Crippen molar-refractivity contribution in [3.8, 4) is 11.5 Å². The summed E-state index contributed by atoms with van der Waals surface area (Å²) in [6.07, 6.45) is 1.68. The molecule has 2 aromatic rings. The van der Waals surface area contributed by atoms with Gasteiger partial charge in [-0.15, -0.1) is 0 Å². The summed E-state index contributed by atoms with van der Waals surface area (Å²) in [5.41, 5.74) is 0.967. The van der Waals surface area contributed by atoms with Gasteiger partial charge >= 0.3 is 5.97 Å². The van der Waals surface area contributed by atoms with Crippen LogP contribution in [-0.4, -0.2) is 45.4 Å². The molecule has 0 bridgehead atoms. The molecule has 0 aromatic heterocycles. The van der Waals surface area contributed by atoms with Gasteiger partial charge in [-0.2, -0.15) is 0 Å². The number of fused-ring (bicyclic) bond motifs is 1. The van der Waals surface area contributed by atoms with Crippen LogP contribution in [0.25, 0.3) is 6.08 Å². The number of anilines is 1. The van der Waals surface area contributed by atoms with Gasteiger partial charge in [0.05, 0.1) is 16.2 Å². The lowest BCUT2D eigenvalue weighted by molar-refractivity contribution is -0.122. The Morgan fingerprint density at radius 1 is 1.19 bits per heavy atom. The predicted molar refractivity (Wildman–Crippen MR) is 119 cm³/mol. The van der Waals surface area contributed by atoms with E-state index < -0.39 is 11.9 Å². The lowest BCUT2D eigenvalue weighted by Crippen LogP contribution is -2.31. The summed E-state index contributed by atoms with van der Waals surface area (Å²) in [5.74, 6) is -0.571. The van der Waals surface area contributed by atoms with Gasteiger partial charge in [0.2, 0.25) is 12.7 Å². The maximum Gasteiger partial charge on any atom is 0.337 e. The number of nitrogens with zero attached hydrogens (tertiary/aromatic N) is 1. The van der Waals surface area contributed by atoms with Gasteiger partial charge in [-0.3, -0.25) is 14.5 Å². The molecule has 0 unspecified atom stereocenters. The van der Waals surface area contributed by atoms with E-state index in [-0.39, 0.29) is 36.9 Å². The second-order valence-corrected chi connectivity index (χ2v) is 8.27. The molecule has 0 spiro atoms. The van der Waals surface area contributed by atoms with Crippen molar-refractivity contribution in [1.29, 1.82) is 0 Å². The number of nitrogens with one attached hydrogen (secondary N) is 1. The third-order valence-electron chi connectivity index (χ3n) is 4.56. The van der Waals surface area contributed by atoms with E-state index >= 15 is 0 Å². The molecule has 0 radical (unpaired) electrons. The fourth-order valence-electron chi connectivity index (χ4n) is 3.05. The molecule has 31 heavy (non-hydrogen) atoms. The quantitative estimate of drug-likeness (QED) is 0.504. The van der Waals surface area contributed by atoms with Gasteiger partial charge in [-0.05, 0) is 35.9 Å². The van der Waals surface area contributed by atoms with E-state index in [4.69, 9.17) is 21.7 Å². The number of carbonyl (C=O) groups excluding carboxylic acids is 2. The summed E-state index contributed by atoms with van der Waals surface area (Å²) in [6.45, 7) is 0.254. The van der Waals surface area contributed by atoms with Crippen molar-refractivity contribution in [2.24, 2.45) is 0 Å². The number of carbonyl (C=O) groups is 3. The molecule has 0 atom stereocenters. The number of rotatable bonds is 6. The Labute approximate surface area is 186 Å². The molecule has 2 heterocycles. The highest BCUT2D eigenvalue weighted by molar-refractivity contribution is 8.26. The van der Waals surface area contributed by atoms with E-state index in [1.807, 2.05) is 6.07 Å². The zero-order chi connectivity index (χ0) is 22.0. The van der Waals surface area contributed by atoms with E-state index in [0.717, 1.165) is 17.3 Å². The molecule has 0 saturated carbocycles. The molecule has 2 aliphatic rings. The standard InChI is InChI=1S/C21H16N2O6S2/c24-18(22-14-4-2-1-3-13(14)20(26)27)7-8-23-19(25)17(31-21(23)30)10-12-5-6-15-16(9-12)29-11-28-15/h1-6,9-10H,7-8,11H2,(H,22,24)(H,26,27)/b17-10+. The van der Waals surface area contributed by atoms with Crippen molar-refractivity contribution in [3.63, 3.8) is 0 Å². The number of para-hydroxylation sites is 1. The fourth-order valence-corrected chi connectivity index (χ4v) is 4.36. The van der Waals surface area contributed by atoms with Crippen LogP contribution in [0.1, 0.15) is 22.3 Å². The monoisotopic (exact) mass is 456 g/mol. The second kappa shape index (κ2) is 8.78. The number of thiocarbonyl (C=S) groups is 1. The maximum absolute atomic E-state index is 12.8. The lowest BCUT2D eigenvalue weighted by Gasteiger charge is -2.14. The average Bonchev–Trinajstić information content (AvgIpc) is 3.31. The van der Waals surface area contributed by atoms with Crippen molar-refractivity contribution in [1.82, 2.24) is 4.90 Å². The average molecular weight is 457 g/mol. The van der Waals surface area contributed by atoms with Crippen LogP contribution in [-0.2, 0) is 9.59 Å². The third-order valence-corrected chi connectivity index (χ3v) is 5.94. The first-order valence-corrected chi connectivity index (χ1v) is 10.4. The molecule has 2 N–H and O–H groups in total. The Bertz CT molecular complexity index is 1130. The maximum atomic E-state index is 12.8.